The van der Waals surface area contributed by atoms with Crippen molar-refractivity contribution >= 4 is 25.3 Å². The molecule has 3 unspecified atom stereocenters. The Morgan fingerprint density at radius 2 is 1.91 bits per heavy atom. The summed E-state index contributed by atoms with van der Waals surface area (Å²) in [5, 5.41) is 21.9. The van der Waals surface area contributed by atoms with Crippen LogP contribution in [0.5, 0.6) is 0 Å². The van der Waals surface area contributed by atoms with E-state index in [1.165, 1.54) is 41.7 Å². The molecule has 0 amide bonds. The van der Waals surface area contributed by atoms with Gasteiger partial charge in [0, 0.05) is 12.3 Å². The zero-order chi connectivity index (χ0) is 24.9. The van der Waals surface area contributed by atoms with E-state index in [1.54, 1.807) is 26.0 Å². The first-order valence-corrected chi connectivity index (χ1v) is 12.5. The number of rotatable bonds is 8. The van der Waals surface area contributed by atoms with E-state index in [9.17, 15) is 24.0 Å². The number of hydrogen-bond acceptors (Lipinski definition) is 6. The van der Waals surface area contributed by atoms with Crippen molar-refractivity contribution < 1.29 is 28.5 Å². The van der Waals surface area contributed by atoms with Crippen LogP contribution < -0.4 is 0 Å². The molecular formula is C25H24FNO5PS+. The van der Waals surface area contributed by atoms with Crippen LogP contribution in [0.2, 0.25) is 0 Å². The van der Waals surface area contributed by atoms with E-state index in [0.29, 0.717) is 11.3 Å². The number of aliphatic carboxylic acids is 1. The third-order valence-corrected chi connectivity index (χ3v) is 7.65. The molecule has 34 heavy (non-hydrogen) atoms. The predicted molar refractivity (Wildman–Crippen MR) is 129 cm³/mol. The second-order valence-electron chi connectivity index (χ2n) is 7.93. The summed E-state index contributed by atoms with van der Waals surface area (Å²) in [4.78, 5) is 18.2. The van der Waals surface area contributed by atoms with E-state index in [-0.39, 0.29) is 18.0 Å². The van der Waals surface area contributed by atoms with Gasteiger partial charge in [-0.05, 0) is 51.8 Å². The quantitative estimate of drug-likeness (QED) is 0.324. The molecule has 0 spiro atoms. The number of carboxylic acid groups (broad SMARTS) is 1. The van der Waals surface area contributed by atoms with Gasteiger partial charge in [-0.1, -0.05) is 44.0 Å². The average molecular weight is 501 g/mol. The summed E-state index contributed by atoms with van der Waals surface area (Å²) < 4.78 is 31.8. The van der Waals surface area contributed by atoms with E-state index in [0.717, 1.165) is 12.0 Å². The molecule has 2 heterocycles. The molecule has 1 aromatic carbocycles. The summed E-state index contributed by atoms with van der Waals surface area (Å²) in [7, 11) is -1.95. The second-order valence-corrected chi connectivity index (χ2v) is 10.4. The lowest BCUT2D eigenvalue weighted by Crippen LogP contribution is -2.56. The molecule has 0 aliphatic heterocycles. The first kappa shape index (κ1) is 25.7. The van der Waals surface area contributed by atoms with Gasteiger partial charge in [0.2, 0.25) is 0 Å². The topological polar surface area (TPSA) is 96.7 Å². The van der Waals surface area contributed by atoms with Gasteiger partial charge >= 0.3 is 19.2 Å². The molecule has 0 radical (unpaired) electrons. The zero-order valence-corrected chi connectivity index (χ0v) is 20.6. The highest BCUT2D eigenvalue weighted by Crippen LogP contribution is 2.53. The number of thiophene rings is 1. The summed E-state index contributed by atoms with van der Waals surface area (Å²) in [6, 6.07) is 13.8. The van der Waals surface area contributed by atoms with Crippen LogP contribution in [0.4, 0.5) is 4.39 Å². The molecule has 3 rings (SSSR count). The highest BCUT2D eigenvalue weighted by atomic mass is 32.1. The summed E-state index contributed by atoms with van der Waals surface area (Å²) in [6.07, 6.45) is -0.350. The van der Waals surface area contributed by atoms with Gasteiger partial charge in [0.05, 0.1) is 23.4 Å². The average Bonchev–Trinajstić information content (AvgIpc) is 3.35. The van der Waals surface area contributed by atoms with Gasteiger partial charge in [-0.2, -0.15) is 0 Å². The highest BCUT2D eigenvalue weighted by molar-refractivity contribution is 7.43. The highest BCUT2D eigenvalue weighted by Gasteiger charge is 2.72. The SMILES string of the molecule is CO[P+](=O)C(C#CC(C)C)(C(=O)O)C(O)(Cc1ccc(F)cc1)c1cccc(-c2cccs2)n1. The van der Waals surface area contributed by atoms with Crippen molar-refractivity contribution in [2.45, 2.75) is 31.0 Å². The molecule has 0 saturated heterocycles. The Bertz CT molecular complexity index is 1240. The largest absolute Gasteiger partial charge is 0.543 e. The molecule has 0 bridgehead atoms. The van der Waals surface area contributed by atoms with Crippen molar-refractivity contribution in [3.05, 3.63) is 77.1 Å². The lowest BCUT2D eigenvalue weighted by molar-refractivity contribution is -0.146. The van der Waals surface area contributed by atoms with Crippen LogP contribution >= 0.6 is 19.4 Å². The summed E-state index contributed by atoms with van der Waals surface area (Å²) in [6.45, 7) is 3.49. The predicted octanol–water partition coefficient (Wildman–Crippen LogP) is 5.25. The Hall–Kier alpha value is -2.95. The van der Waals surface area contributed by atoms with Gasteiger partial charge in [-0.25, -0.2) is 14.2 Å². The number of aliphatic hydroxyl groups is 1. The summed E-state index contributed by atoms with van der Waals surface area (Å²) in [5.41, 5.74) is -1.52. The van der Waals surface area contributed by atoms with E-state index >= 15 is 0 Å². The molecular weight excluding hydrogens is 476 g/mol. The van der Waals surface area contributed by atoms with Gasteiger partial charge < -0.3 is 10.2 Å². The molecule has 9 heteroatoms. The standard InChI is InChI=1S/C25H23FNO5PS/c1-17(2)13-14-25(23(28)29,33(31)32-3)24(30,16-18-9-11-19(26)12-10-18)22-8-4-6-20(27-22)21-7-5-15-34-21/h4-12,15,17,30H,16H2,1-3H3/p+1. The maximum atomic E-state index is 13.6. The third-order valence-electron chi connectivity index (χ3n) is 5.21. The van der Waals surface area contributed by atoms with Crippen LogP contribution in [-0.4, -0.2) is 33.4 Å². The number of carboxylic acids is 1. The van der Waals surface area contributed by atoms with E-state index < -0.39 is 30.6 Å². The molecule has 2 N–H and O–H groups in total. The molecule has 2 aromatic heterocycles. The summed E-state index contributed by atoms with van der Waals surface area (Å²) in [5.74, 6) is 2.96. The molecule has 0 saturated carbocycles. The molecule has 0 fully saturated rings. The van der Waals surface area contributed by atoms with Gasteiger partial charge in [0.15, 0.2) is 5.60 Å². The first-order chi connectivity index (χ1) is 16.1. The Labute approximate surface area is 202 Å². The molecule has 176 valence electrons. The van der Waals surface area contributed by atoms with Crippen molar-refractivity contribution in [2.24, 2.45) is 5.92 Å². The number of aromatic nitrogens is 1. The second kappa shape index (κ2) is 10.5. The van der Waals surface area contributed by atoms with E-state index in [4.69, 9.17) is 4.52 Å². The first-order valence-electron chi connectivity index (χ1n) is 10.4. The van der Waals surface area contributed by atoms with Crippen LogP contribution in [0.15, 0.2) is 60.0 Å². The molecule has 0 aliphatic rings. The van der Waals surface area contributed by atoms with Crippen molar-refractivity contribution in [2.75, 3.05) is 7.11 Å². The van der Waals surface area contributed by atoms with Crippen molar-refractivity contribution in [1.82, 2.24) is 4.98 Å². The minimum atomic E-state index is -3.05. The van der Waals surface area contributed by atoms with Crippen molar-refractivity contribution in [1.29, 1.82) is 0 Å². The molecule has 6 nitrogen and oxygen atoms in total. The number of halogens is 1. The van der Waals surface area contributed by atoms with Gasteiger partial charge in [-0.15, -0.1) is 15.9 Å². The third kappa shape index (κ3) is 4.94. The number of pyridine rings is 1. The normalized spacial score (nSPS) is 15.1. The fourth-order valence-corrected chi connectivity index (χ4v) is 5.30. The zero-order valence-electron chi connectivity index (χ0n) is 18.9. The van der Waals surface area contributed by atoms with Crippen molar-refractivity contribution in [3.8, 4) is 22.4 Å². The van der Waals surface area contributed by atoms with Crippen LogP contribution in [0, 0.1) is 23.6 Å². The molecule has 3 aromatic rings. The lowest BCUT2D eigenvalue weighted by Gasteiger charge is -2.33. The summed E-state index contributed by atoms with van der Waals surface area (Å²) >= 11 is 1.43. The Morgan fingerprint density at radius 3 is 2.47 bits per heavy atom. The maximum absolute atomic E-state index is 13.6. The number of carbonyl (C=O) groups is 1. The van der Waals surface area contributed by atoms with Crippen LogP contribution in [-0.2, 0) is 25.9 Å². The van der Waals surface area contributed by atoms with Gasteiger partial charge in [0.25, 0.3) is 0 Å². The smallest absolute Gasteiger partial charge is 0.477 e. The molecule has 3 atom stereocenters. The monoisotopic (exact) mass is 500 g/mol. The lowest BCUT2D eigenvalue weighted by atomic mass is 9.78. The van der Waals surface area contributed by atoms with Crippen LogP contribution in [0.25, 0.3) is 10.6 Å². The van der Waals surface area contributed by atoms with Gasteiger partial charge in [0.1, 0.15) is 5.82 Å². The Kier molecular flexibility index (Phi) is 7.96. The number of benzene rings is 1. The van der Waals surface area contributed by atoms with E-state index in [2.05, 4.69) is 16.8 Å². The van der Waals surface area contributed by atoms with Gasteiger partial charge in [-0.3, -0.25) is 0 Å². The Balaban J connectivity index is 2.34. The Morgan fingerprint density at radius 1 is 1.21 bits per heavy atom. The van der Waals surface area contributed by atoms with Crippen LogP contribution in [0.3, 0.4) is 0 Å². The van der Waals surface area contributed by atoms with Crippen LogP contribution in [0.1, 0.15) is 25.1 Å². The molecule has 0 aliphatic carbocycles. The van der Waals surface area contributed by atoms with Crippen molar-refractivity contribution in [3.63, 3.8) is 0 Å². The minimum absolute atomic E-state index is 0.0384. The number of nitrogens with zero attached hydrogens (tertiary/aromatic N) is 1. The van der Waals surface area contributed by atoms with E-state index in [1.807, 2.05) is 17.5 Å². The number of hydrogen-bond donors (Lipinski definition) is 2. The maximum Gasteiger partial charge on any atom is 0.543 e. The fourth-order valence-electron chi connectivity index (χ4n) is 3.52. The fraction of sp³-hybridized carbons (Fsp3) is 0.280. The minimum Gasteiger partial charge on any atom is -0.477 e.